The molecule has 178 valence electrons. The first-order valence-corrected chi connectivity index (χ1v) is 13.3. The number of nitrogens with zero attached hydrogens (tertiary/aromatic N) is 1. The number of hydrogen-bond acceptors (Lipinski definition) is 6. The normalized spacial score (nSPS) is 15.8. The highest BCUT2D eigenvalue weighted by molar-refractivity contribution is 7.92. The van der Waals surface area contributed by atoms with Crippen molar-refractivity contribution in [3.8, 4) is 0 Å². The van der Waals surface area contributed by atoms with Crippen molar-refractivity contribution in [1.82, 2.24) is 4.90 Å². The van der Waals surface area contributed by atoms with Crippen LogP contribution < -0.4 is 4.72 Å². The number of aryl methyl sites for hydroxylation is 2. The lowest BCUT2D eigenvalue weighted by Crippen LogP contribution is -2.34. The summed E-state index contributed by atoms with van der Waals surface area (Å²) < 4.78 is 33.8. The summed E-state index contributed by atoms with van der Waals surface area (Å²) in [4.78, 5) is 28.2. The van der Waals surface area contributed by atoms with E-state index in [9.17, 15) is 18.0 Å². The van der Waals surface area contributed by atoms with E-state index in [1.54, 1.807) is 47.4 Å². The zero-order chi connectivity index (χ0) is 24.3. The van der Waals surface area contributed by atoms with E-state index in [0.29, 0.717) is 17.8 Å². The van der Waals surface area contributed by atoms with Gasteiger partial charge in [-0.2, -0.15) is 0 Å². The van der Waals surface area contributed by atoms with Crippen LogP contribution in [0, 0.1) is 13.8 Å². The molecule has 34 heavy (non-hydrogen) atoms. The topological polar surface area (TPSA) is 92.8 Å². The Balaban J connectivity index is 1.45. The largest absolute Gasteiger partial charge is 0.452 e. The van der Waals surface area contributed by atoms with Crippen molar-refractivity contribution in [2.45, 2.75) is 37.6 Å². The number of benzene rings is 2. The van der Waals surface area contributed by atoms with Gasteiger partial charge in [0.1, 0.15) is 0 Å². The number of sulfonamides is 1. The summed E-state index contributed by atoms with van der Waals surface area (Å²) in [5, 5.41) is 1.98. The third-order valence-corrected chi connectivity index (χ3v) is 8.25. The maximum Gasteiger partial charge on any atom is 0.338 e. The fourth-order valence-electron chi connectivity index (χ4n) is 4.07. The SMILES string of the molecule is Cc1cccc(NS(=O)(=O)c2cc(C(=O)OCC(=O)N3CCCC3c3cccs3)ccc2C)c1. The molecule has 1 amide bonds. The number of carbonyl (C=O) groups excluding carboxylic acids is 2. The number of carbonyl (C=O) groups is 2. The second-order valence-corrected chi connectivity index (χ2v) is 10.9. The van der Waals surface area contributed by atoms with Crippen LogP contribution in [0.1, 0.15) is 45.2 Å². The van der Waals surface area contributed by atoms with Crippen molar-refractivity contribution in [3.63, 3.8) is 0 Å². The number of esters is 1. The van der Waals surface area contributed by atoms with E-state index in [0.717, 1.165) is 23.3 Å². The molecule has 1 saturated heterocycles. The molecule has 2 aromatic carbocycles. The van der Waals surface area contributed by atoms with Gasteiger partial charge in [0.15, 0.2) is 6.61 Å². The predicted octanol–water partition coefficient (Wildman–Crippen LogP) is 4.69. The maximum absolute atomic E-state index is 13.0. The van der Waals surface area contributed by atoms with Crippen molar-refractivity contribution in [2.24, 2.45) is 0 Å². The van der Waals surface area contributed by atoms with Crippen molar-refractivity contribution in [1.29, 1.82) is 0 Å². The highest BCUT2D eigenvalue weighted by atomic mass is 32.2. The Bertz CT molecular complexity index is 1300. The van der Waals surface area contributed by atoms with Gasteiger partial charge in [-0.1, -0.05) is 24.3 Å². The minimum Gasteiger partial charge on any atom is -0.452 e. The molecule has 9 heteroatoms. The summed E-state index contributed by atoms with van der Waals surface area (Å²) in [6.45, 7) is 3.75. The number of nitrogens with one attached hydrogen (secondary N) is 1. The Hall–Kier alpha value is -3.17. The van der Waals surface area contributed by atoms with Crippen LogP contribution in [0.25, 0.3) is 0 Å². The fourth-order valence-corrected chi connectivity index (χ4v) is 6.27. The Morgan fingerprint density at radius 1 is 1.12 bits per heavy atom. The van der Waals surface area contributed by atoms with Gasteiger partial charge in [-0.15, -0.1) is 11.3 Å². The number of hydrogen-bond donors (Lipinski definition) is 1. The van der Waals surface area contributed by atoms with Crippen molar-refractivity contribution >= 4 is 38.9 Å². The molecule has 1 aliphatic heterocycles. The van der Waals surface area contributed by atoms with E-state index in [2.05, 4.69) is 4.72 Å². The van der Waals surface area contributed by atoms with Gasteiger partial charge in [0, 0.05) is 17.1 Å². The molecular weight excluding hydrogens is 472 g/mol. The minimum absolute atomic E-state index is 0.00928. The van der Waals surface area contributed by atoms with E-state index in [4.69, 9.17) is 4.74 Å². The molecule has 0 aliphatic carbocycles. The third kappa shape index (κ3) is 5.31. The van der Waals surface area contributed by atoms with Gasteiger partial charge >= 0.3 is 5.97 Å². The molecule has 1 unspecified atom stereocenters. The number of rotatable bonds is 7. The maximum atomic E-state index is 13.0. The second kappa shape index (κ2) is 9.99. The van der Waals surface area contributed by atoms with Gasteiger partial charge in [-0.25, -0.2) is 13.2 Å². The van der Waals surface area contributed by atoms with Crippen LogP contribution in [-0.2, 0) is 19.6 Å². The molecule has 1 aliphatic rings. The molecule has 3 aromatic rings. The summed E-state index contributed by atoms with van der Waals surface area (Å²) in [6.07, 6.45) is 1.78. The number of likely N-dealkylation sites (tertiary alicyclic amines) is 1. The Morgan fingerprint density at radius 2 is 1.94 bits per heavy atom. The van der Waals surface area contributed by atoms with Crippen molar-refractivity contribution in [2.75, 3.05) is 17.9 Å². The third-order valence-electron chi connectivity index (χ3n) is 5.76. The highest BCUT2D eigenvalue weighted by Gasteiger charge is 2.31. The molecule has 2 heterocycles. The van der Waals surface area contributed by atoms with E-state index in [1.165, 1.54) is 12.1 Å². The average Bonchev–Trinajstić information content (AvgIpc) is 3.49. The average molecular weight is 499 g/mol. The van der Waals surface area contributed by atoms with Gasteiger partial charge in [-0.3, -0.25) is 9.52 Å². The molecular formula is C25H26N2O5S2. The Morgan fingerprint density at radius 3 is 2.68 bits per heavy atom. The van der Waals surface area contributed by atoms with Crippen LogP contribution in [0.5, 0.6) is 0 Å². The first-order chi connectivity index (χ1) is 16.2. The van der Waals surface area contributed by atoms with Gasteiger partial charge < -0.3 is 9.64 Å². The number of anilines is 1. The van der Waals surface area contributed by atoms with Crippen LogP contribution in [0.3, 0.4) is 0 Å². The van der Waals surface area contributed by atoms with Crippen LogP contribution in [0.15, 0.2) is 64.9 Å². The molecule has 1 atom stereocenters. The van der Waals surface area contributed by atoms with Crippen LogP contribution in [-0.4, -0.2) is 38.3 Å². The summed E-state index contributed by atoms with van der Waals surface area (Å²) >= 11 is 1.60. The standard InChI is InChI=1S/C25H26N2O5S2/c1-17-6-3-7-20(14-17)26-34(30,31)23-15-19(11-10-18(23)2)25(29)32-16-24(28)27-12-4-8-21(27)22-9-5-13-33-22/h3,5-7,9-11,13-15,21,26H,4,8,12,16H2,1-2H3. The molecule has 0 bridgehead atoms. The molecule has 0 spiro atoms. The fraction of sp³-hybridized carbons (Fsp3) is 0.280. The zero-order valence-electron chi connectivity index (χ0n) is 19.0. The first-order valence-electron chi connectivity index (χ1n) is 10.9. The van der Waals surface area contributed by atoms with Crippen molar-refractivity contribution < 1.29 is 22.7 Å². The van der Waals surface area contributed by atoms with Crippen LogP contribution in [0.2, 0.25) is 0 Å². The summed E-state index contributed by atoms with van der Waals surface area (Å²) in [5.41, 5.74) is 1.91. The van der Waals surface area contributed by atoms with Gasteiger partial charge in [0.05, 0.1) is 16.5 Å². The molecule has 0 saturated carbocycles. The molecule has 4 rings (SSSR count). The zero-order valence-corrected chi connectivity index (χ0v) is 20.6. The van der Waals surface area contributed by atoms with Gasteiger partial charge in [0.25, 0.3) is 15.9 Å². The van der Waals surface area contributed by atoms with E-state index in [1.807, 2.05) is 30.5 Å². The van der Waals surface area contributed by atoms with Crippen LogP contribution >= 0.6 is 11.3 Å². The Kier molecular flexibility index (Phi) is 7.04. The van der Waals surface area contributed by atoms with E-state index < -0.39 is 22.6 Å². The number of ether oxygens (including phenoxy) is 1. The smallest absolute Gasteiger partial charge is 0.338 e. The predicted molar refractivity (Wildman–Crippen MR) is 131 cm³/mol. The van der Waals surface area contributed by atoms with Crippen molar-refractivity contribution in [3.05, 3.63) is 81.5 Å². The monoisotopic (exact) mass is 498 g/mol. The lowest BCUT2D eigenvalue weighted by Gasteiger charge is -2.23. The van der Waals surface area contributed by atoms with Gasteiger partial charge in [-0.05, 0) is 73.5 Å². The molecule has 1 aromatic heterocycles. The minimum atomic E-state index is -3.93. The van der Waals surface area contributed by atoms with E-state index in [-0.39, 0.29) is 22.4 Å². The molecule has 7 nitrogen and oxygen atoms in total. The quantitative estimate of drug-likeness (QED) is 0.477. The molecule has 0 radical (unpaired) electrons. The second-order valence-electron chi connectivity index (χ2n) is 8.29. The van der Waals surface area contributed by atoms with Gasteiger partial charge in [0.2, 0.25) is 0 Å². The lowest BCUT2D eigenvalue weighted by molar-refractivity contribution is -0.135. The van der Waals surface area contributed by atoms with Crippen LogP contribution in [0.4, 0.5) is 5.69 Å². The molecule has 1 fully saturated rings. The lowest BCUT2D eigenvalue weighted by atomic mass is 10.1. The summed E-state index contributed by atoms with van der Waals surface area (Å²) in [6, 6.07) is 15.3. The van der Waals surface area contributed by atoms with E-state index >= 15 is 0 Å². The Labute approximate surface area is 203 Å². The highest BCUT2D eigenvalue weighted by Crippen LogP contribution is 2.34. The first kappa shape index (κ1) is 24.0. The summed E-state index contributed by atoms with van der Waals surface area (Å²) in [7, 11) is -3.93. The molecule has 1 N–H and O–H groups in total. The number of amides is 1. The number of thiophene rings is 1. The summed E-state index contributed by atoms with van der Waals surface area (Å²) in [5.74, 6) is -1.00.